The van der Waals surface area contributed by atoms with Gasteiger partial charge in [0.15, 0.2) is 0 Å². The zero-order chi connectivity index (χ0) is 17.6. The van der Waals surface area contributed by atoms with Gasteiger partial charge >= 0.3 is 0 Å². The molecule has 0 saturated carbocycles. The molecular formula is C21H27N3O. The quantitative estimate of drug-likeness (QED) is 0.659. The van der Waals surface area contributed by atoms with Crippen LogP contribution in [0.3, 0.4) is 0 Å². The maximum absolute atomic E-state index is 12.6. The molecule has 1 unspecified atom stereocenters. The van der Waals surface area contributed by atoms with Gasteiger partial charge in [-0.25, -0.2) is 0 Å². The number of benzene rings is 1. The number of nitrogens with one attached hydrogen (secondary N) is 1. The average Bonchev–Trinajstić information content (AvgIpc) is 3.16. The molecule has 1 heterocycles. The number of nitriles is 1. The van der Waals surface area contributed by atoms with E-state index in [0.717, 1.165) is 50.8 Å². The summed E-state index contributed by atoms with van der Waals surface area (Å²) in [6.45, 7) is 3.93. The lowest BCUT2D eigenvalue weighted by molar-refractivity contribution is -0.117. The van der Waals surface area contributed by atoms with Gasteiger partial charge in [-0.2, -0.15) is 5.26 Å². The van der Waals surface area contributed by atoms with Crippen LogP contribution in [0.1, 0.15) is 61.8 Å². The predicted octanol–water partition coefficient (Wildman–Crippen LogP) is 3.64. The Hall–Kier alpha value is -2.28. The molecule has 1 aliphatic heterocycles. The molecule has 3 rings (SSSR count). The highest BCUT2D eigenvalue weighted by Gasteiger charge is 2.19. The molecule has 1 saturated heterocycles. The minimum absolute atomic E-state index is 0.0462. The first-order chi connectivity index (χ1) is 12.2. The molecule has 4 nitrogen and oxygen atoms in total. The number of hydrogen-bond donors (Lipinski definition) is 1. The molecule has 132 valence electrons. The number of hydrogen-bond acceptors (Lipinski definition) is 3. The van der Waals surface area contributed by atoms with Crippen molar-refractivity contribution in [2.75, 3.05) is 13.1 Å². The number of likely N-dealkylation sites (tertiary alicyclic amines) is 1. The van der Waals surface area contributed by atoms with Crippen LogP contribution in [-0.2, 0) is 17.6 Å². The van der Waals surface area contributed by atoms with E-state index >= 15 is 0 Å². The number of amides is 1. The van der Waals surface area contributed by atoms with Gasteiger partial charge in [-0.15, -0.1) is 0 Å². The maximum atomic E-state index is 12.6. The van der Waals surface area contributed by atoms with Gasteiger partial charge in [0.25, 0.3) is 5.91 Å². The molecule has 4 heteroatoms. The highest BCUT2D eigenvalue weighted by atomic mass is 16.1. The van der Waals surface area contributed by atoms with Crippen LogP contribution in [0, 0.1) is 11.3 Å². The van der Waals surface area contributed by atoms with Gasteiger partial charge < -0.3 is 10.2 Å². The van der Waals surface area contributed by atoms with E-state index < -0.39 is 0 Å². The molecule has 1 N–H and O–H groups in total. The zero-order valence-corrected chi connectivity index (χ0v) is 15.1. The van der Waals surface area contributed by atoms with Gasteiger partial charge in [-0.3, -0.25) is 4.79 Å². The Labute approximate surface area is 150 Å². The lowest BCUT2D eigenvalue weighted by Crippen LogP contribution is -2.30. The molecule has 0 spiro atoms. The van der Waals surface area contributed by atoms with E-state index in [-0.39, 0.29) is 17.5 Å². The van der Waals surface area contributed by atoms with Gasteiger partial charge in [-0.05, 0) is 61.6 Å². The summed E-state index contributed by atoms with van der Waals surface area (Å²) in [7, 11) is 0. The molecule has 0 aromatic heterocycles. The number of aryl methyl sites for hydroxylation is 2. The highest BCUT2D eigenvalue weighted by molar-refractivity contribution is 5.97. The van der Waals surface area contributed by atoms with Crippen LogP contribution in [0.15, 0.2) is 30.0 Å². The summed E-state index contributed by atoms with van der Waals surface area (Å²) in [6.07, 6.45) is 9.60. The van der Waals surface area contributed by atoms with Crippen LogP contribution in [0.5, 0.6) is 0 Å². The second kappa shape index (κ2) is 8.20. The third-order valence-corrected chi connectivity index (χ3v) is 5.31. The Kier molecular flexibility index (Phi) is 5.75. The minimum atomic E-state index is -0.265. The molecule has 0 bridgehead atoms. The van der Waals surface area contributed by atoms with Crippen molar-refractivity contribution in [1.82, 2.24) is 10.2 Å². The van der Waals surface area contributed by atoms with E-state index in [2.05, 4.69) is 41.4 Å². The molecule has 2 aliphatic rings. The van der Waals surface area contributed by atoms with Crippen molar-refractivity contribution >= 4 is 5.91 Å². The van der Waals surface area contributed by atoms with Gasteiger partial charge in [-0.1, -0.05) is 25.1 Å². The van der Waals surface area contributed by atoms with Gasteiger partial charge in [0.05, 0.1) is 6.04 Å². The molecule has 1 amide bonds. The molecule has 1 fully saturated rings. The first-order valence-electron chi connectivity index (χ1n) is 9.49. The molecule has 1 aliphatic carbocycles. The van der Waals surface area contributed by atoms with Crippen LogP contribution >= 0.6 is 0 Å². The van der Waals surface area contributed by atoms with Crippen LogP contribution < -0.4 is 5.32 Å². The van der Waals surface area contributed by atoms with Crippen LogP contribution in [0.4, 0.5) is 0 Å². The van der Waals surface area contributed by atoms with E-state index in [4.69, 9.17) is 0 Å². The van der Waals surface area contributed by atoms with Crippen molar-refractivity contribution < 1.29 is 4.79 Å². The normalized spacial score (nSPS) is 18.4. The molecule has 25 heavy (non-hydrogen) atoms. The SMILES string of the molecule is CCC(NC(=O)/C(C#N)=C\N1CCCC1)c1ccc2c(c1)CCCC2. The van der Waals surface area contributed by atoms with E-state index in [0.29, 0.717) is 0 Å². The standard InChI is InChI=1S/C21H27N3O/c1-2-20(18-10-9-16-7-3-4-8-17(16)13-18)23-21(25)19(14-22)15-24-11-5-6-12-24/h9-10,13,15,20H,2-8,11-12H2,1H3,(H,23,25)/b19-15-. The molecular weight excluding hydrogens is 310 g/mol. The van der Waals surface area contributed by atoms with Crippen molar-refractivity contribution in [3.63, 3.8) is 0 Å². The minimum Gasteiger partial charge on any atom is -0.376 e. The summed E-state index contributed by atoms with van der Waals surface area (Å²) < 4.78 is 0. The lowest BCUT2D eigenvalue weighted by Gasteiger charge is -2.22. The average molecular weight is 337 g/mol. The van der Waals surface area contributed by atoms with Crippen LogP contribution in [-0.4, -0.2) is 23.9 Å². The smallest absolute Gasteiger partial charge is 0.263 e. The fourth-order valence-electron chi connectivity index (χ4n) is 3.82. The number of rotatable bonds is 5. The third kappa shape index (κ3) is 4.22. The second-order valence-electron chi connectivity index (χ2n) is 7.07. The van der Waals surface area contributed by atoms with Crippen LogP contribution in [0.25, 0.3) is 0 Å². The number of carbonyl (C=O) groups excluding carboxylic acids is 1. The molecule has 1 atom stereocenters. The highest BCUT2D eigenvalue weighted by Crippen LogP contribution is 2.26. The summed E-state index contributed by atoms with van der Waals surface area (Å²) in [6, 6.07) is 8.62. The van der Waals surface area contributed by atoms with Crippen molar-refractivity contribution in [1.29, 1.82) is 5.26 Å². The van der Waals surface area contributed by atoms with Crippen molar-refractivity contribution in [2.24, 2.45) is 0 Å². The second-order valence-corrected chi connectivity index (χ2v) is 7.07. The first kappa shape index (κ1) is 17.5. The fraction of sp³-hybridized carbons (Fsp3) is 0.524. The Morgan fingerprint density at radius 2 is 1.96 bits per heavy atom. The lowest BCUT2D eigenvalue weighted by atomic mass is 9.88. The predicted molar refractivity (Wildman–Crippen MR) is 98.8 cm³/mol. The molecule has 0 radical (unpaired) electrons. The fourth-order valence-corrected chi connectivity index (χ4v) is 3.82. The number of fused-ring (bicyclic) bond motifs is 1. The summed E-state index contributed by atoms with van der Waals surface area (Å²) in [5.74, 6) is -0.265. The van der Waals surface area contributed by atoms with Gasteiger partial charge in [0.2, 0.25) is 0 Å². The number of carbonyl (C=O) groups is 1. The Morgan fingerprint density at radius 1 is 1.24 bits per heavy atom. The molecule has 1 aromatic carbocycles. The summed E-state index contributed by atoms with van der Waals surface area (Å²) in [5.41, 5.74) is 4.22. The largest absolute Gasteiger partial charge is 0.376 e. The Bertz CT molecular complexity index is 696. The molecule has 1 aromatic rings. The van der Waals surface area contributed by atoms with E-state index in [9.17, 15) is 10.1 Å². The maximum Gasteiger partial charge on any atom is 0.263 e. The summed E-state index contributed by atoms with van der Waals surface area (Å²) in [4.78, 5) is 14.6. The first-order valence-corrected chi connectivity index (χ1v) is 9.49. The summed E-state index contributed by atoms with van der Waals surface area (Å²) in [5, 5.41) is 12.4. The van der Waals surface area contributed by atoms with Crippen molar-refractivity contribution in [3.05, 3.63) is 46.7 Å². The third-order valence-electron chi connectivity index (χ3n) is 5.31. The van der Waals surface area contributed by atoms with E-state index in [1.165, 1.54) is 24.0 Å². The van der Waals surface area contributed by atoms with Crippen LogP contribution in [0.2, 0.25) is 0 Å². The van der Waals surface area contributed by atoms with Gasteiger partial charge in [0.1, 0.15) is 11.6 Å². The van der Waals surface area contributed by atoms with Crippen molar-refractivity contribution in [2.45, 2.75) is 57.9 Å². The van der Waals surface area contributed by atoms with Crippen molar-refractivity contribution in [3.8, 4) is 6.07 Å². The zero-order valence-electron chi connectivity index (χ0n) is 15.1. The van der Waals surface area contributed by atoms with E-state index in [1.54, 1.807) is 6.20 Å². The Morgan fingerprint density at radius 3 is 2.64 bits per heavy atom. The Balaban J connectivity index is 1.72. The topological polar surface area (TPSA) is 56.1 Å². The van der Waals surface area contributed by atoms with Gasteiger partial charge in [0, 0.05) is 19.3 Å². The monoisotopic (exact) mass is 337 g/mol. The number of nitrogens with zero attached hydrogens (tertiary/aromatic N) is 2. The summed E-state index contributed by atoms with van der Waals surface area (Å²) >= 11 is 0. The van der Waals surface area contributed by atoms with E-state index in [1.807, 2.05) is 0 Å².